The number of phosphoric acid groups is 1. The number of quaternary nitrogens is 1. The number of aliphatic hydroxyl groups is 1. The molecule has 234 valence electrons. The fourth-order valence-corrected chi connectivity index (χ4v) is 3.69. The van der Waals surface area contributed by atoms with Crippen LogP contribution in [0.15, 0.2) is 60.8 Å². The molecule has 41 heavy (non-hydrogen) atoms. The van der Waals surface area contributed by atoms with Crippen LogP contribution in [0, 0.1) is 0 Å². The molecule has 0 saturated carbocycles. The molecule has 0 aromatic carbocycles. The number of unbranched alkanes of at least 4 members (excludes halogenated alkanes) is 1. The topological polar surface area (TPSA) is 131 Å². The molecular formula is C30H50NO9P. The average Bonchev–Trinajstić information content (AvgIpc) is 2.88. The number of nitrogens with zero attached hydrogens (tertiary/aromatic N) is 1. The van der Waals surface area contributed by atoms with E-state index in [2.05, 4.69) is 12.2 Å². The van der Waals surface area contributed by atoms with Gasteiger partial charge in [-0.15, -0.1) is 0 Å². The molecule has 0 bridgehead atoms. The van der Waals surface area contributed by atoms with Crippen LogP contribution >= 0.6 is 7.82 Å². The summed E-state index contributed by atoms with van der Waals surface area (Å²) in [5.74, 6) is -1.13. The fraction of sp³-hybridized carbons (Fsp3) is 0.600. The lowest BCUT2D eigenvalue weighted by atomic mass is 10.2. The van der Waals surface area contributed by atoms with Crippen molar-refractivity contribution in [1.29, 1.82) is 0 Å². The molecule has 0 heterocycles. The number of carbonyl (C=O) groups excluding carboxylic acids is 2. The molecule has 0 aliphatic rings. The maximum atomic E-state index is 12.2. The molecule has 0 radical (unpaired) electrons. The number of phosphoric ester groups is 1. The van der Waals surface area contributed by atoms with Crippen LogP contribution < -0.4 is 4.89 Å². The number of hydrogen-bond donors (Lipinski definition) is 1. The van der Waals surface area contributed by atoms with Crippen LogP contribution in [0.1, 0.15) is 58.8 Å². The number of esters is 2. The maximum absolute atomic E-state index is 12.2. The standard InChI is InChI=1S/C30H50NO9P/c1-6-7-20-28(33)21-18-16-14-12-10-8-9-11-13-15-17-19-22-30(34)40-29(25-37-27(2)32)26-39-41(35,36)38-24-23-31(3,4)5/h7-9,12-16,18,20,28-29,33H,6,10-11,17,19,21-26H2,1-5H3/b9-8-,14-12-,15-13-,18-16+,20-7-/t28?,29-/m1/s1. The van der Waals surface area contributed by atoms with Gasteiger partial charge in [-0.2, -0.15) is 0 Å². The zero-order valence-electron chi connectivity index (χ0n) is 25.3. The summed E-state index contributed by atoms with van der Waals surface area (Å²) in [5.41, 5.74) is 0. The normalized spacial score (nSPS) is 15.8. The Balaban J connectivity index is 4.27. The summed E-state index contributed by atoms with van der Waals surface area (Å²) in [6.07, 6.45) is 22.7. The Morgan fingerprint density at radius 1 is 0.951 bits per heavy atom. The number of ether oxygens (including phenoxy) is 2. The SMILES string of the molecule is CC/C=C\C(O)C/C=C/C=C\C/C=C\C/C=C\CCCC(=O)O[C@H](COC(C)=O)COP(=O)([O-])OCC[N+](C)(C)C. The molecule has 0 amide bonds. The summed E-state index contributed by atoms with van der Waals surface area (Å²) in [6.45, 7) is 2.79. The highest BCUT2D eigenvalue weighted by atomic mass is 31.2. The smallest absolute Gasteiger partial charge is 0.306 e. The first-order valence-electron chi connectivity index (χ1n) is 14.0. The van der Waals surface area contributed by atoms with Crippen molar-refractivity contribution in [1.82, 2.24) is 0 Å². The molecular weight excluding hydrogens is 549 g/mol. The minimum atomic E-state index is -4.60. The second-order valence-electron chi connectivity index (χ2n) is 10.3. The van der Waals surface area contributed by atoms with E-state index in [0.717, 1.165) is 19.3 Å². The highest BCUT2D eigenvalue weighted by Gasteiger charge is 2.21. The second-order valence-corrected chi connectivity index (χ2v) is 11.7. The van der Waals surface area contributed by atoms with Crippen molar-refractivity contribution >= 4 is 19.8 Å². The Morgan fingerprint density at radius 3 is 2.27 bits per heavy atom. The maximum Gasteiger partial charge on any atom is 0.306 e. The van der Waals surface area contributed by atoms with Crippen LogP contribution in [0.25, 0.3) is 0 Å². The molecule has 0 spiro atoms. The van der Waals surface area contributed by atoms with Gasteiger partial charge in [0, 0.05) is 13.3 Å². The summed E-state index contributed by atoms with van der Waals surface area (Å²) in [7, 11) is 1.08. The third-order valence-electron chi connectivity index (χ3n) is 5.18. The second kappa shape index (κ2) is 23.3. The van der Waals surface area contributed by atoms with Gasteiger partial charge in [-0.3, -0.25) is 14.2 Å². The van der Waals surface area contributed by atoms with Gasteiger partial charge in [0.05, 0.1) is 33.9 Å². The molecule has 10 nitrogen and oxygen atoms in total. The lowest BCUT2D eigenvalue weighted by Crippen LogP contribution is -2.37. The van der Waals surface area contributed by atoms with Gasteiger partial charge in [0.15, 0.2) is 6.10 Å². The molecule has 0 saturated heterocycles. The van der Waals surface area contributed by atoms with Crippen LogP contribution in [-0.2, 0) is 32.7 Å². The van der Waals surface area contributed by atoms with Gasteiger partial charge < -0.3 is 33.0 Å². The van der Waals surface area contributed by atoms with E-state index < -0.39 is 38.6 Å². The summed E-state index contributed by atoms with van der Waals surface area (Å²) in [4.78, 5) is 35.4. The van der Waals surface area contributed by atoms with E-state index in [1.807, 2.05) is 70.6 Å². The molecule has 2 unspecified atom stereocenters. The first-order chi connectivity index (χ1) is 19.3. The van der Waals surface area contributed by atoms with Crippen LogP contribution in [0.5, 0.6) is 0 Å². The predicted molar refractivity (Wildman–Crippen MR) is 159 cm³/mol. The van der Waals surface area contributed by atoms with Crippen molar-refractivity contribution < 1.29 is 47.2 Å². The van der Waals surface area contributed by atoms with Gasteiger partial charge in [0.2, 0.25) is 0 Å². The van der Waals surface area contributed by atoms with Gasteiger partial charge in [0.1, 0.15) is 19.8 Å². The first-order valence-corrected chi connectivity index (χ1v) is 15.5. The number of rotatable bonds is 23. The van der Waals surface area contributed by atoms with Crippen LogP contribution in [0.2, 0.25) is 0 Å². The molecule has 0 fully saturated rings. The highest BCUT2D eigenvalue weighted by molar-refractivity contribution is 7.45. The third kappa shape index (κ3) is 27.6. The summed E-state index contributed by atoms with van der Waals surface area (Å²) >= 11 is 0. The van der Waals surface area contributed by atoms with Crippen molar-refractivity contribution in [2.75, 3.05) is 47.5 Å². The number of carbonyl (C=O) groups is 2. The van der Waals surface area contributed by atoms with E-state index in [1.165, 1.54) is 6.92 Å². The Morgan fingerprint density at radius 2 is 1.61 bits per heavy atom. The Hall–Kier alpha value is -2.33. The van der Waals surface area contributed by atoms with E-state index in [4.69, 9.17) is 18.5 Å². The zero-order valence-corrected chi connectivity index (χ0v) is 26.2. The van der Waals surface area contributed by atoms with Gasteiger partial charge in [-0.05, 0) is 38.5 Å². The van der Waals surface area contributed by atoms with E-state index in [0.29, 0.717) is 30.3 Å². The van der Waals surface area contributed by atoms with Gasteiger partial charge in [-0.25, -0.2) is 0 Å². The van der Waals surface area contributed by atoms with E-state index in [-0.39, 0.29) is 19.6 Å². The van der Waals surface area contributed by atoms with Crippen molar-refractivity contribution in [3.05, 3.63) is 60.8 Å². The van der Waals surface area contributed by atoms with Gasteiger partial charge >= 0.3 is 11.9 Å². The molecule has 3 atom stereocenters. The lowest BCUT2D eigenvalue weighted by Gasteiger charge is -2.28. The molecule has 0 aliphatic heterocycles. The molecule has 1 N–H and O–H groups in total. The number of likely N-dealkylation sites (N-methyl/N-ethyl adjacent to an activating group) is 1. The van der Waals surface area contributed by atoms with Crippen LogP contribution in [-0.4, -0.2) is 81.2 Å². The van der Waals surface area contributed by atoms with Crippen molar-refractivity contribution in [3.8, 4) is 0 Å². The number of hydrogen-bond acceptors (Lipinski definition) is 9. The summed E-state index contributed by atoms with van der Waals surface area (Å²) in [5, 5.41) is 9.69. The van der Waals surface area contributed by atoms with Gasteiger partial charge in [-0.1, -0.05) is 67.7 Å². The molecule has 0 aromatic heterocycles. The van der Waals surface area contributed by atoms with E-state index >= 15 is 0 Å². The first kappa shape index (κ1) is 38.7. The molecule has 0 rings (SSSR count). The number of allylic oxidation sites excluding steroid dienone is 8. The lowest BCUT2D eigenvalue weighted by molar-refractivity contribution is -0.870. The summed E-state index contributed by atoms with van der Waals surface area (Å²) < 4.78 is 32.3. The largest absolute Gasteiger partial charge is 0.756 e. The Bertz CT molecular complexity index is 919. The van der Waals surface area contributed by atoms with E-state index in [1.54, 1.807) is 6.08 Å². The molecule has 0 aliphatic carbocycles. The van der Waals surface area contributed by atoms with E-state index in [9.17, 15) is 24.2 Å². The van der Waals surface area contributed by atoms with Gasteiger partial charge in [0.25, 0.3) is 7.82 Å². The minimum absolute atomic E-state index is 0.0549. The summed E-state index contributed by atoms with van der Waals surface area (Å²) in [6, 6.07) is 0. The molecule has 0 aromatic rings. The predicted octanol–water partition coefficient (Wildman–Crippen LogP) is 4.56. The third-order valence-corrected chi connectivity index (χ3v) is 6.15. The Labute approximate surface area is 246 Å². The monoisotopic (exact) mass is 599 g/mol. The minimum Gasteiger partial charge on any atom is -0.756 e. The highest BCUT2D eigenvalue weighted by Crippen LogP contribution is 2.38. The van der Waals surface area contributed by atoms with Crippen LogP contribution in [0.3, 0.4) is 0 Å². The fourth-order valence-electron chi connectivity index (χ4n) is 2.96. The van der Waals surface area contributed by atoms with Crippen molar-refractivity contribution in [2.45, 2.75) is 71.0 Å². The molecule has 11 heteroatoms. The quantitative estimate of drug-likeness (QED) is 0.0448. The van der Waals surface area contributed by atoms with Crippen molar-refractivity contribution in [2.24, 2.45) is 0 Å². The Kier molecular flexibility index (Phi) is 21.9. The van der Waals surface area contributed by atoms with Crippen molar-refractivity contribution in [3.63, 3.8) is 0 Å². The van der Waals surface area contributed by atoms with Crippen LogP contribution in [0.4, 0.5) is 0 Å². The average molecular weight is 600 g/mol. The zero-order chi connectivity index (χ0) is 31.0. The number of aliphatic hydroxyl groups excluding tert-OH is 1.